The van der Waals surface area contributed by atoms with Gasteiger partial charge in [0.05, 0.1) is 18.9 Å². The Balaban J connectivity index is 1.75. The predicted molar refractivity (Wildman–Crippen MR) is 107 cm³/mol. The molecule has 1 aromatic carbocycles. The Bertz CT molecular complexity index is 769. The molecule has 1 N–H and O–H groups in total. The first-order valence-corrected chi connectivity index (χ1v) is 9.89. The van der Waals surface area contributed by atoms with E-state index in [1.165, 1.54) is 5.56 Å². The summed E-state index contributed by atoms with van der Waals surface area (Å²) in [7, 11) is 0. The Labute approximate surface area is 163 Å². The molecular formula is C20H26N2O4S. The second kappa shape index (κ2) is 10.1. The average Bonchev–Trinajstić information content (AvgIpc) is 2.99. The van der Waals surface area contributed by atoms with Crippen LogP contribution in [0.5, 0.6) is 5.75 Å². The Hall–Kier alpha value is -2.41. The van der Waals surface area contributed by atoms with E-state index >= 15 is 0 Å². The molecule has 0 unspecified atom stereocenters. The summed E-state index contributed by atoms with van der Waals surface area (Å²) in [6.07, 6.45) is 0.907. The lowest BCUT2D eigenvalue weighted by Crippen LogP contribution is -2.12. The maximum atomic E-state index is 12.0. The van der Waals surface area contributed by atoms with Gasteiger partial charge in [0.2, 0.25) is 5.91 Å². The van der Waals surface area contributed by atoms with Gasteiger partial charge in [-0.2, -0.15) is 0 Å². The molecule has 0 aliphatic rings. The lowest BCUT2D eigenvalue weighted by molar-refractivity contribution is -0.116. The largest absolute Gasteiger partial charge is 0.494 e. The number of esters is 1. The molecule has 0 saturated heterocycles. The summed E-state index contributed by atoms with van der Waals surface area (Å²) in [5.74, 6) is 0.721. The molecule has 6 nitrogen and oxygen atoms in total. The zero-order chi connectivity index (χ0) is 19.8. The van der Waals surface area contributed by atoms with Crippen molar-refractivity contribution in [3.8, 4) is 5.75 Å². The zero-order valence-corrected chi connectivity index (χ0v) is 17.0. The third kappa shape index (κ3) is 6.36. The molecule has 27 heavy (non-hydrogen) atoms. The van der Waals surface area contributed by atoms with Crippen molar-refractivity contribution in [1.29, 1.82) is 0 Å². The molecule has 0 radical (unpaired) electrons. The molecular weight excluding hydrogens is 364 g/mol. The minimum Gasteiger partial charge on any atom is -0.494 e. The van der Waals surface area contributed by atoms with Gasteiger partial charge < -0.3 is 14.8 Å². The fraction of sp³-hybridized carbons (Fsp3) is 0.450. The fourth-order valence-corrected chi connectivity index (χ4v) is 3.27. The number of anilines is 1. The highest BCUT2D eigenvalue weighted by atomic mass is 32.1. The summed E-state index contributed by atoms with van der Waals surface area (Å²) >= 11 is 1.13. The van der Waals surface area contributed by atoms with Crippen LogP contribution in [-0.4, -0.2) is 30.1 Å². The molecule has 1 heterocycles. The van der Waals surface area contributed by atoms with Gasteiger partial charge in [-0.3, -0.25) is 4.79 Å². The van der Waals surface area contributed by atoms with Crippen LogP contribution in [0.3, 0.4) is 0 Å². The van der Waals surface area contributed by atoms with E-state index in [9.17, 15) is 9.59 Å². The molecule has 146 valence electrons. The van der Waals surface area contributed by atoms with Gasteiger partial charge in [-0.25, -0.2) is 9.78 Å². The lowest BCUT2D eigenvalue weighted by atomic mass is 10.0. The number of ether oxygens (including phenoxy) is 2. The van der Waals surface area contributed by atoms with Crippen LogP contribution in [0, 0.1) is 6.92 Å². The first-order chi connectivity index (χ1) is 12.9. The predicted octanol–water partition coefficient (Wildman–Crippen LogP) is 4.55. The van der Waals surface area contributed by atoms with E-state index in [4.69, 9.17) is 9.47 Å². The van der Waals surface area contributed by atoms with Gasteiger partial charge in [0.25, 0.3) is 0 Å². The monoisotopic (exact) mass is 390 g/mol. The number of carbonyl (C=O) groups is 2. The Morgan fingerprint density at radius 3 is 2.56 bits per heavy atom. The summed E-state index contributed by atoms with van der Waals surface area (Å²) in [4.78, 5) is 28.5. The zero-order valence-electron chi connectivity index (χ0n) is 16.2. The number of hydrogen-bond acceptors (Lipinski definition) is 6. The van der Waals surface area contributed by atoms with Crippen LogP contribution < -0.4 is 10.1 Å². The number of amides is 1. The Kier molecular flexibility index (Phi) is 7.79. The van der Waals surface area contributed by atoms with Crippen molar-refractivity contribution in [3.05, 3.63) is 40.4 Å². The number of aromatic nitrogens is 1. The molecule has 0 spiro atoms. The van der Waals surface area contributed by atoms with Crippen LogP contribution in [0.2, 0.25) is 0 Å². The molecule has 2 aromatic rings. The maximum Gasteiger partial charge on any atom is 0.350 e. The number of rotatable bonds is 9. The SMILES string of the molecule is CCOC(=O)c1sc(NC(=O)CCCOc2ccc(C(C)C)cc2)nc1C. The maximum absolute atomic E-state index is 12.0. The standard InChI is InChI=1S/C20H26N2O4S/c1-5-25-19(24)18-14(4)21-20(27-18)22-17(23)7-6-12-26-16-10-8-15(9-11-16)13(2)3/h8-11,13H,5-7,12H2,1-4H3,(H,21,22,23). The van der Waals surface area contributed by atoms with Gasteiger partial charge >= 0.3 is 5.97 Å². The average molecular weight is 391 g/mol. The van der Waals surface area contributed by atoms with Crippen LogP contribution in [0.1, 0.15) is 60.5 Å². The molecule has 1 aromatic heterocycles. The number of benzene rings is 1. The molecule has 0 fully saturated rings. The van der Waals surface area contributed by atoms with Gasteiger partial charge in [0, 0.05) is 6.42 Å². The molecule has 1 amide bonds. The molecule has 2 rings (SSSR count). The highest BCUT2D eigenvalue weighted by Crippen LogP contribution is 2.23. The van der Waals surface area contributed by atoms with Crippen molar-refractivity contribution in [3.63, 3.8) is 0 Å². The molecule has 0 aliphatic heterocycles. The molecule has 0 bridgehead atoms. The van der Waals surface area contributed by atoms with Crippen LogP contribution in [0.15, 0.2) is 24.3 Å². The molecule has 0 saturated carbocycles. The minimum absolute atomic E-state index is 0.155. The minimum atomic E-state index is -0.412. The Morgan fingerprint density at radius 2 is 1.93 bits per heavy atom. The summed E-state index contributed by atoms with van der Waals surface area (Å²) in [5, 5.41) is 3.13. The smallest absolute Gasteiger partial charge is 0.350 e. The number of nitrogens with zero attached hydrogens (tertiary/aromatic N) is 1. The van der Waals surface area contributed by atoms with Crippen LogP contribution in [-0.2, 0) is 9.53 Å². The van der Waals surface area contributed by atoms with Gasteiger partial charge in [-0.05, 0) is 43.9 Å². The van der Waals surface area contributed by atoms with Crippen LogP contribution >= 0.6 is 11.3 Å². The summed E-state index contributed by atoms with van der Waals surface area (Å²) < 4.78 is 10.6. The second-order valence-electron chi connectivity index (χ2n) is 6.38. The highest BCUT2D eigenvalue weighted by Gasteiger charge is 2.17. The van der Waals surface area contributed by atoms with E-state index in [1.807, 2.05) is 12.1 Å². The molecule has 0 aliphatic carbocycles. The second-order valence-corrected chi connectivity index (χ2v) is 7.38. The van der Waals surface area contributed by atoms with Gasteiger partial charge in [-0.1, -0.05) is 37.3 Å². The topological polar surface area (TPSA) is 77.5 Å². The van der Waals surface area contributed by atoms with E-state index < -0.39 is 5.97 Å². The first kappa shape index (κ1) is 20.9. The fourth-order valence-electron chi connectivity index (χ4n) is 2.39. The number of nitrogens with one attached hydrogen (secondary N) is 1. The van der Waals surface area contributed by atoms with Crippen molar-refractivity contribution in [2.45, 2.75) is 46.5 Å². The van der Waals surface area contributed by atoms with Gasteiger partial charge in [-0.15, -0.1) is 0 Å². The number of thiazole rings is 1. The summed E-state index contributed by atoms with van der Waals surface area (Å²) in [5.41, 5.74) is 1.82. The summed E-state index contributed by atoms with van der Waals surface area (Å²) in [6, 6.07) is 8.01. The third-order valence-electron chi connectivity index (χ3n) is 3.87. The van der Waals surface area contributed by atoms with Crippen molar-refractivity contribution in [1.82, 2.24) is 4.98 Å². The molecule has 0 atom stereocenters. The lowest BCUT2D eigenvalue weighted by Gasteiger charge is -2.08. The van der Waals surface area contributed by atoms with E-state index in [2.05, 4.69) is 36.3 Å². The van der Waals surface area contributed by atoms with Crippen molar-refractivity contribution in [2.75, 3.05) is 18.5 Å². The normalized spacial score (nSPS) is 10.7. The number of carbonyl (C=O) groups excluding carboxylic acids is 2. The van der Waals surface area contributed by atoms with Crippen molar-refractivity contribution in [2.24, 2.45) is 0 Å². The van der Waals surface area contributed by atoms with Crippen molar-refractivity contribution < 1.29 is 19.1 Å². The van der Waals surface area contributed by atoms with Crippen molar-refractivity contribution >= 4 is 28.3 Å². The van der Waals surface area contributed by atoms with Crippen LogP contribution in [0.4, 0.5) is 5.13 Å². The van der Waals surface area contributed by atoms with E-state index in [0.29, 0.717) is 47.7 Å². The van der Waals surface area contributed by atoms with Crippen LogP contribution in [0.25, 0.3) is 0 Å². The number of hydrogen-bond donors (Lipinski definition) is 1. The van der Waals surface area contributed by atoms with Gasteiger partial charge in [0.15, 0.2) is 5.13 Å². The van der Waals surface area contributed by atoms with E-state index in [-0.39, 0.29) is 5.91 Å². The molecule has 7 heteroatoms. The third-order valence-corrected chi connectivity index (χ3v) is 4.92. The summed E-state index contributed by atoms with van der Waals surface area (Å²) in [6.45, 7) is 8.52. The Morgan fingerprint density at radius 1 is 1.22 bits per heavy atom. The van der Waals surface area contributed by atoms with E-state index in [0.717, 1.165) is 17.1 Å². The van der Waals surface area contributed by atoms with E-state index in [1.54, 1.807) is 13.8 Å². The number of aryl methyl sites for hydroxylation is 1. The first-order valence-electron chi connectivity index (χ1n) is 9.07. The highest BCUT2D eigenvalue weighted by molar-refractivity contribution is 7.17. The quantitative estimate of drug-likeness (QED) is 0.502. The van der Waals surface area contributed by atoms with Gasteiger partial charge in [0.1, 0.15) is 10.6 Å².